The molecule has 17 heavy (non-hydrogen) atoms. The second-order valence-corrected chi connectivity index (χ2v) is 7.67. The van der Waals surface area contributed by atoms with Crippen molar-refractivity contribution in [3.8, 4) is 0 Å². The van der Waals surface area contributed by atoms with Crippen LogP contribution in [0.4, 0.5) is 0 Å². The SMILES string of the molecule is CCCCC(CC)C[P+](O)(O)C1=CCCCC1. The van der Waals surface area contributed by atoms with Gasteiger partial charge in [0.2, 0.25) is 0 Å². The monoisotopic (exact) mass is 259 g/mol. The minimum absolute atomic E-state index is 0.487. The molecule has 3 heteroatoms. The molecule has 0 aromatic heterocycles. The average molecular weight is 259 g/mol. The molecule has 0 spiro atoms. The molecule has 1 aliphatic carbocycles. The van der Waals surface area contributed by atoms with Gasteiger partial charge in [-0.2, -0.15) is 0 Å². The van der Waals surface area contributed by atoms with Gasteiger partial charge >= 0.3 is 0 Å². The Balaban J connectivity index is 2.53. The Labute approximate surface area is 107 Å². The maximum atomic E-state index is 10.3. The van der Waals surface area contributed by atoms with E-state index < -0.39 is 7.72 Å². The summed E-state index contributed by atoms with van der Waals surface area (Å²) in [6.07, 6.45) is 11.6. The summed E-state index contributed by atoms with van der Waals surface area (Å²) < 4.78 is 0. The third kappa shape index (κ3) is 5.07. The molecule has 0 aromatic carbocycles. The Hall–Kier alpha value is 0.0900. The van der Waals surface area contributed by atoms with Crippen LogP contribution in [-0.2, 0) is 0 Å². The van der Waals surface area contributed by atoms with Gasteiger partial charge in [-0.1, -0.05) is 26.7 Å². The van der Waals surface area contributed by atoms with Crippen LogP contribution in [0.15, 0.2) is 11.4 Å². The maximum absolute atomic E-state index is 10.3. The highest BCUT2D eigenvalue weighted by Crippen LogP contribution is 2.62. The van der Waals surface area contributed by atoms with Gasteiger partial charge in [0.25, 0.3) is 7.72 Å². The van der Waals surface area contributed by atoms with Gasteiger partial charge in [0, 0.05) is 6.42 Å². The zero-order valence-electron chi connectivity index (χ0n) is 11.4. The van der Waals surface area contributed by atoms with E-state index in [2.05, 4.69) is 19.9 Å². The second kappa shape index (κ2) is 7.51. The highest BCUT2D eigenvalue weighted by Gasteiger charge is 2.41. The Kier molecular flexibility index (Phi) is 6.69. The maximum Gasteiger partial charge on any atom is 0.295 e. The standard InChI is InChI=1S/C14H28O2P/c1-3-5-9-13(4-2)12-17(15,16)14-10-7-6-8-11-14/h10,13,15-16H,3-9,11-12H2,1-2H3/q+1. The summed E-state index contributed by atoms with van der Waals surface area (Å²) in [5.74, 6) is 0.487. The molecule has 0 bridgehead atoms. The summed E-state index contributed by atoms with van der Waals surface area (Å²) in [6, 6.07) is 0. The van der Waals surface area contributed by atoms with Crippen LogP contribution in [-0.4, -0.2) is 15.9 Å². The van der Waals surface area contributed by atoms with Gasteiger partial charge in [-0.05, 0) is 44.1 Å². The van der Waals surface area contributed by atoms with Crippen molar-refractivity contribution < 1.29 is 9.79 Å². The minimum Gasteiger partial charge on any atom is -0.215 e. The van der Waals surface area contributed by atoms with Crippen LogP contribution in [0.25, 0.3) is 0 Å². The molecule has 1 atom stereocenters. The van der Waals surface area contributed by atoms with Crippen molar-refractivity contribution in [2.75, 3.05) is 6.16 Å². The van der Waals surface area contributed by atoms with Crippen molar-refractivity contribution in [3.05, 3.63) is 11.4 Å². The number of hydrogen-bond donors (Lipinski definition) is 2. The van der Waals surface area contributed by atoms with Crippen LogP contribution in [0.3, 0.4) is 0 Å². The first-order valence-electron chi connectivity index (χ1n) is 7.13. The topological polar surface area (TPSA) is 40.5 Å². The molecule has 0 saturated heterocycles. The van der Waals surface area contributed by atoms with E-state index >= 15 is 0 Å². The molecule has 0 fully saturated rings. The Morgan fingerprint density at radius 1 is 1.29 bits per heavy atom. The van der Waals surface area contributed by atoms with E-state index in [0.717, 1.165) is 37.4 Å². The molecule has 1 aliphatic rings. The predicted octanol–water partition coefficient (Wildman–Crippen LogP) is 4.49. The highest BCUT2D eigenvalue weighted by atomic mass is 31.2. The quantitative estimate of drug-likeness (QED) is 0.661. The number of unbranched alkanes of at least 4 members (excludes halogenated alkanes) is 1. The molecule has 1 rings (SSSR count). The van der Waals surface area contributed by atoms with E-state index in [1.165, 1.54) is 19.3 Å². The van der Waals surface area contributed by atoms with Crippen LogP contribution >= 0.6 is 7.72 Å². The number of allylic oxidation sites excluding steroid dienone is 2. The molecular formula is C14H28O2P+. The summed E-state index contributed by atoms with van der Waals surface area (Å²) in [5.41, 5.74) is 0. The van der Waals surface area contributed by atoms with E-state index in [1.54, 1.807) is 0 Å². The van der Waals surface area contributed by atoms with E-state index in [9.17, 15) is 9.79 Å². The predicted molar refractivity (Wildman–Crippen MR) is 76.1 cm³/mol. The molecule has 0 amide bonds. The van der Waals surface area contributed by atoms with Gasteiger partial charge in [0.05, 0.1) is 0 Å². The molecule has 2 nitrogen and oxygen atoms in total. The Morgan fingerprint density at radius 2 is 2.06 bits per heavy atom. The largest absolute Gasteiger partial charge is 0.295 e. The fourth-order valence-corrected chi connectivity index (χ4v) is 4.87. The van der Waals surface area contributed by atoms with Crippen LogP contribution in [0, 0.1) is 5.92 Å². The summed E-state index contributed by atoms with van der Waals surface area (Å²) in [7, 11) is -2.77. The van der Waals surface area contributed by atoms with Crippen LogP contribution in [0.5, 0.6) is 0 Å². The summed E-state index contributed by atoms with van der Waals surface area (Å²) in [6.45, 7) is 4.35. The lowest BCUT2D eigenvalue weighted by molar-refractivity contribution is 0.416. The van der Waals surface area contributed by atoms with Crippen LogP contribution in [0.2, 0.25) is 0 Å². The normalized spacial score (nSPS) is 18.9. The molecular weight excluding hydrogens is 231 g/mol. The Bertz CT molecular complexity index is 249. The lowest BCUT2D eigenvalue weighted by Gasteiger charge is -2.22. The fraction of sp³-hybridized carbons (Fsp3) is 0.857. The number of rotatable bonds is 7. The van der Waals surface area contributed by atoms with E-state index in [1.807, 2.05) is 0 Å². The molecule has 0 radical (unpaired) electrons. The molecule has 0 saturated carbocycles. The van der Waals surface area contributed by atoms with E-state index in [0.29, 0.717) is 12.1 Å². The van der Waals surface area contributed by atoms with Crippen molar-refractivity contribution in [3.63, 3.8) is 0 Å². The molecule has 0 aromatic rings. The first kappa shape index (κ1) is 15.1. The van der Waals surface area contributed by atoms with Gasteiger partial charge in [-0.15, -0.1) is 0 Å². The number of hydrogen-bond acceptors (Lipinski definition) is 2. The van der Waals surface area contributed by atoms with Crippen molar-refractivity contribution in [2.45, 2.75) is 65.2 Å². The third-order valence-corrected chi connectivity index (χ3v) is 6.13. The molecule has 0 aliphatic heterocycles. The molecule has 0 heterocycles. The van der Waals surface area contributed by atoms with Gasteiger partial charge in [-0.25, -0.2) is 9.79 Å². The second-order valence-electron chi connectivity index (χ2n) is 5.27. The fourth-order valence-electron chi connectivity index (χ4n) is 2.54. The minimum atomic E-state index is -2.77. The molecule has 1 unspecified atom stereocenters. The van der Waals surface area contributed by atoms with Crippen LogP contribution in [0.1, 0.15) is 65.2 Å². The van der Waals surface area contributed by atoms with Crippen molar-refractivity contribution in [1.29, 1.82) is 0 Å². The van der Waals surface area contributed by atoms with Crippen LogP contribution < -0.4 is 0 Å². The van der Waals surface area contributed by atoms with Gasteiger partial charge < -0.3 is 0 Å². The molecule has 2 N–H and O–H groups in total. The smallest absolute Gasteiger partial charge is 0.215 e. The van der Waals surface area contributed by atoms with E-state index in [4.69, 9.17) is 0 Å². The van der Waals surface area contributed by atoms with Crippen molar-refractivity contribution >= 4 is 7.72 Å². The Morgan fingerprint density at radius 3 is 2.59 bits per heavy atom. The van der Waals surface area contributed by atoms with E-state index in [-0.39, 0.29) is 0 Å². The zero-order valence-corrected chi connectivity index (χ0v) is 12.3. The average Bonchev–Trinajstić information content (AvgIpc) is 2.35. The van der Waals surface area contributed by atoms with Crippen molar-refractivity contribution in [1.82, 2.24) is 0 Å². The zero-order chi connectivity index (χ0) is 12.7. The lowest BCUT2D eigenvalue weighted by atomic mass is 10.0. The lowest BCUT2D eigenvalue weighted by Crippen LogP contribution is -2.12. The highest BCUT2D eigenvalue weighted by molar-refractivity contribution is 7.68. The third-order valence-electron chi connectivity index (χ3n) is 3.78. The van der Waals surface area contributed by atoms with Gasteiger partial charge in [-0.3, -0.25) is 0 Å². The van der Waals surface area contributed by atoms with Crippen molar-refractivity contribution in [2.24, 2.45) is 5.92 Å². The van der Waals surface area contributed by atoms with Gasteiger partial charge in [0.1, 0.15) is 11.5 Å². The molecule has 100 valence electrons. The summed E-state index contributed by atoms with van der Waals surface area (Å²) in [4.78, 5) is 20.7. The summed E-state index contributed by atoms with van der Waals surface area (Å²) in [5, 5.41) is 0.971. The van der Waals surface area contributed by atoms with Gasteiger partial charge in [0.15, 0.2) is 0 Å². The first-order valence-corrected chi connectivity index (χ1v) is 9.01. The summed E-state index contributed by atoms with van der Waals surface area (Å²) >= 11 is 0. The first-order chi connectivity index (χ1) is 8.10.